The van der Waals surface area contributed by atoms with Gasteiger partial charge in [0.25, 0.3) is 0 Å². The molecule has 2 N–H and O–H groups in total. The molecule has 4 heteroatoms. The van der Waals surface area contributed by atoms with E-state index in [1.807, 2.05) is 50.3 Å². The van der Waals surface area contributed by atoms with Crippen molar-refractivity contribution in [2.24, 2.45) is 0 Å². The van der Waals surface area contributed by atoms with E-state index >= 15 is 0 Å². The number of aliphatic hydroxyl groups excluding tert-OH is 1. The van der Waals surface area contributed by atoms with Gasteiger partial charge in [-0.1, -0.05) is 67.5 Å². The highest BCUT2D eigenvalue weighted by molar-refractivity contribution is 5.13. The van der Waals surface area contributed by atoms with Crippen molar-refractivity contribution >= 4 is 0 Å². The lowest BCUT2D eigenvalue weighted by Gasteiger charge is -2.16. The van der Waals surface area contributed by atoms with Gasteiger partial charge in [-0.25, -0.2) is 0 Å². The summed E-state index contributed by atoms with van der Waals surface area (Å²) in [6.45, 7) is 17.1. The summed E-state index contributed by atoms with van der Waals surface area (Å²) in [4.78, 5) is 0. The molecule has 0 amide bonds. The quantitative estimate of drug-likeness (QED) is 0.288. The molecule has 0 bridgehead atoms. The second-order valence-electron chi connectivity index (χ2n) is 7.52. The van der Waals surface area contributed by atoms with Gasteiger partial charge in [0, 0.05) is 13.2 Å². The minimum Gasteiger partial charge on any atom is -0.392 e. The minimum atomic E-state index is -0.702. The van der Waals surface area contributed by atoms with Gasteiger partial charge in [0.15, 0.2) is 6.29 Å². The normalized spacial score (nSPS) is 12.3. The molecule has 0 aliphatic carbocycles. The molecule has 1 aromatic carbocycles. The molecule has 0 aliphatic rings. The summed E-state index contributed by atoms with van der Waals surface area (Å²) in [5.74, 6) is 0. The maximum Gasteiger partial charge on any atom is 0.176 e. The van der Waals surface area contributed by atoms with Gasteiger partial charge in [0.05, 0.1) is 12.2 Å². The zero-order valence-electron chi connectivity index (χ0n) is 20.6. The summed E-state index contributed by atoms with van der Waals surface area (Å²) in [5.41, 5.74) is 1.56. The van der Waals surface area contributed by atoms with E-state index in [1.165, 1.54) is 12.0 Å². The molecule has 0 spiro atoms. The predicted octanol–water partition coefficient (Wildman–Crippen LogP) is 6.59. The maximum atomic E-state index is 9.49. The van der Waals surface area contributed by atoms with Crippen LogP contribution in [0.2, 0.25) is 0 Å². The van der Waals surface area contributed by atoms with E-state index in [9.17, 15) is 5.11 Å². The summed E-state index contributed by atoms with van der Waals surface area (Å²) in [6, 6.07) is 9.52. The van der Waals surface area contributed by atoms with Crippen LogP contribution in [0, 0.1) is 0 Å². The second kappa shape index (κ2) is 21.5. The Labute approximate surface area is 191 Å². The summed E-state index contributed by atoms with van der Waals surface area (Å²) < 4.78 is 10.6. The van der Waals surface area contributed by atoms with Crippen molar-refractivity contribution in [2.45, 2.75) is 85.7 Å². The Balaban J connectivity index is 0. The third-order valence-electron chi connectivity index (χ3n) is 4.08. The molecule has 0 aromatic heterocycles. The number of rotatable bonds is 12. The van der Waals surface area contributed by atoms with Gasteiger partial charge in [0.1, 0.15) is 0 Å². The van der Waals surface area contributed by atoms with E-state index in [0.717, 1.165) is 24.8 Å². The highest BCUT2D eigenvalue weighted by Gasteiger charge is 2.12. The van der Waals surface area contributed by atoms with Crippen LogP contribution < -0.4 is 0 Å². The van der Waals surface area contributed by atoms with Crippen molar-refractivity contribution in [1.82, 2.24) is 0 Å². The van der Waals surface area contributed by atoms with Crippen LogP contribution >= 0.6 is 0 Å². The van der Waals surface area contributed by atoms with Gasteiger partial charge >= 0.3 is 0 Å². The Morgan fingerprint density at radius 3 is 2.03 bits per heavy atom. The molecule has 0 saturated carbocycles. The highest BCUT2D eigenvalue weighted by Crippen LogP contribution is 2.13. The topological polar surface area (TPSA) is 58.9 Å². The van der Waals surface area contributed by atoms with E-state index in [0.29, 0.717) is 13.2 Å². The molecule has 0 fully saturated rings. The number of unbranched alkanes of at least 4 members (excludes halogenated alkanes) is 1. The van der Waals surface area contributed by atoms with E-state index in [2.05, 4.69) is 39.5 Å². The largest absolute Gasteiger partial charge is 0.392 e. The van der Waals surface area contributed by atoms with Crippen LogP contribution in [0.15, 0.2) is 66.8 Å². The summed E-state index contributed by atoms with van der Waals surface area (Å²) >= 11 is 0. The predicted molar refractivity (Wildman–Crippen MR) is 133 cm³/mol. The van der Waals surface area contributed by atoms with Crippen molar-refractivity contribution in [3.05, 3.63) is 72.4 Å². The van der Waals surface area contributed by atoms with Crippen LogP contribution in [0.25, 0.3) is 0 Å². The first-order chi connectivity index (χ1) is 14.8. The Kier molecular flexibility index (Phi) is 21.8. The van der Waals surface area contributed by atoms with Crippen LogP contribution in [0.5, 0.6) is 0 Å². The smallest absolute Gasteiger partial charge is 0.176 e. The number of allylic oxidation sites excluding steroid dienone is 3. The first-order valence-electron chi connectivity index (χ1n) is 11.3. The first kappa shape index (κ1) is 31.5. The molecule has 0 aliphatic heterocycles. The van der Waals surface area contributed by atoms with E-state index in [4.69, 9.17) is 14.6 Å². The van der Waals surface area contributed by atoms with Gasteiger partial charge in [-0.3, -0.25) is 0 Å². The van der Waals surface area contributed by atoms with Crippen molar-refractivity contribution in [1.29, 1.82) is 0 Å². The van der Waals surface area contributed by atoms with Crippen molar-refractivity contribution in [2.75, 3.05) is 13.2 Å². The second-order valence-corrected chi connectivity index (χ2v) is 7.52. The molecule has 31 heavy (non-hydrogen) atoms. The van der Waals surface area contributed by atoms with Gasteiger partial charge in [-0.2, -0.15) is 0 Å². The molecule has 0 saturated heterocycles. The lowest BCUT2D eigenvalue weighted by molar-refractivity contribution is -0.104. The average Bonchev–Trinajstić information content (AvgIpc) is 2.75. The van der Waals surface area contributed by atoms with Gasteiger partial charge in [-0.15, -0.1) is 6.58 Å². The molecule has 4 nitrogen and oxygen atoms in total. The third-order valence-corrected chi connectivity index (χ3v) is 4.08. The van der Waals surface area contributed by atoms with Crippen LogP contribution in [0.3, 0.4) is 0 Å². The number of hydrogen-bond acceptors (Lipinski definition) is 4. The van der Waals surface area contributed by atoms with Gasteiger partial charge in [0.2, 0.25) is 0 Å². The van der Waals surface area contributed by atoms with Crippen molar-refractivity contribution in [3.8, 4) is 0 Å². The lowest BCUT2D eigenvalue weighted by Crippen LogP contribution is -2.19. The molecule has 1 aromatic rings. The fourth-order valence-electron chi connectivity index (χ4n) is 2.20. The number of benzene rings is 1. The van der Waals surface area contributed by atoms with Crippen LogP contribution in [0.1, 0.15) is 72.8 Å². The van der Waals surface area contributed by atoms with Crippen LogP contribution in [-0.4, -0.2) is 35.3 Å². The first-order valence-corrected chi connectivity index (χ1v) is 11.3. The minimum absolute atomic E-state index is 0.140. The molecule has 1 unspecified atom stereocenters. The number of hydrogen-bond donors (Lipinski definition) is 2. The lowest BCUT2D eigenvalue weighted by atomic mass is 10.00. The standard InChI is InChI=1S/C10H20O2.C10H18O.C7H8O/c1-4-7-8-9-10(11-5-2)12-6-3;1-5-10(4,11)8-6-7-9(2)3;8-6-7-4-2-1-3-5-7/h8-10H,4-7H2,1-3H3;5,7,11H,1,6,8H2,2-4H3;1-5,8H,6H2/b9-8+;;. The third kappa shape index (κ3) is 22.8. The van der Waals surface area contributed by atoms with Crippen LogP contribution in [-0.2, 0) is 16.1 Å². The summed E-state index contributed by atoms with van der Waals surface area (Å²) in [7, 11) is 0. The van der Waals surface area contributed by atoms with E-state index in [-0.39, 0.29) is 12.9 Å². The number of ether oxygens (including phenoxy) is 2. The Morgan fingerprint density at radius 2 is 1.65 bits per heavy atom. The SMILES string of the molecule is C=CC(C)(O)CCC=C(C)C.CCC/C=C/C(OCC)OCC.OCc1ccccc1. The monoisotopic (exact) mass is 434 g/mol. The molecular weight excluding hydrogens is 388 g/mol. The Hall–Kier alpha value is -1.72. The summed E-state index contributed by atoms with van der Waals surface area (Å²) in [6.07, 6.45) is 11.6. The van der Waals surface area contributed by atoms with Crippen molar-refractivity contribution < 1.29 is 19.7 Å². The summed E-state index contributed by atoms with van der Waals surface area (Å²) in [5, 5.41) is 18.0. The molecular formula is C27H46O4. The fourth-order valence-corrected chi connectivity index (χ4v) is 2.20. The van der Waals surface area contributed by atoms with Gasteiger partial charge < -0.3 is 19.7 Å². The maximum absolute atomic E-state index is 9.49. The zero-order valence-corrected chi connectivity index (χ0v) is 20.6. The van der Waals surface area contributed by atoms with Crippen LogP contribution in [0.4, 0.5) is 0 Å². The molecule has 178 valence electrons. The average molecular weight is 435 g/mol. The molecule has 1 rings (SSSR count). The highest BCUT2D eigenvalue weighted by atomic mass is 16.7. The Morgan fingerprint density at radius 1 is 1.06 bits per heavy atom. The van der Waals surface area contributed by atoms with Gasteiger partial charge in [-0.05, 0) is 65.5 Å². The number of aliphatic hydroxyl groups is 2. The van der Waals surface area contributed by atoms with Crippen molar-refractivity contribution in [3.63, 3.8) is 0 Å². The Bertz CT molecular complexity index is 566. The van der Waals surface area contributed by atoms with E-state index < -0.39 is 5.60 Å². The fraction of sp³-hybridized carbons (Fsp3) is 0.556. The molecule has 1 atom stereocenters. The molecule has 0 radical (unpaired) electrons. The van der Waals surface area contributed by atoms with E-state index in [1.54, 1.807) is 13.0 Å². The molecule has 0 heterocycles. The zero-order chi connectivity index (χ0) is 24.0.